The van der Waals surface area contributed by atoms with Gasteiger partial charge in [0.25, 0.3) is 0 Å². The summed E-state index contributed by atoms with van der Waals surface area (Å²) in [7, 11) is 0. The predicted molar refractivity (Wildman–Crippen MR) is 180 cm³/mol. The van der Waals surface area contributed by atoms with Crippen LogP contribution >= 0.6 is 0 Å². The standard InChI is InChI=1S/C40H33F4N3O2/c41-35-10-6-9-32-27-46(24-22-34(32)35)39(49)37(25-29-7-2-1-3-8-29)47(26-30-12-17-31(18-13-30)36-11-4-5-23-45-36)38(48)21-16-28-14-19-33(20-15-28)40(42,43)44/h1-21,23,37H,22,24-27H2/t37-/m0/s1. The lowest BCUT2D eigenvalue weighted by molar-refractivity contribution is -0.144. The Bertz CT molecular complexity index is 1930. The largest absolute Gasteiger partial charge is 0.416 e. The van der Waals surface area contributed by atoms with Crippen molar-refractivity contribution in [3.05, 3.63) is 167 Å². The molecule has 0 saturated heterocycles. The SMILES string of the molecule is O=C([C@H](Cc1ccccc1)N(Cc1ccc(-c2ccccn2)cc1)C(=O)C=Cc1ccc(C(F)(F)F)cc1)N1CCc2c(F)cccc2C1. The summed E-state index contributed by atoms with van der Waals surface area (Å²) in [6.45, 7) is 0.584. The van der Waals surface area contributed by atoms with Gasteiger partial charge in [0, 0.05) is 43.9 Å². The minimum atomic E-state index is -4.48. The van der Waals surface area contributed by atoms with Crippen LogP contribution in [-0.2, 0) is 41.7 Å². The van der Waals surface area contributed by atoms with Crippen LogP contribution in [0.5, 0.6) is 0 Å². The molecule has 5 nitrogen and oxygen atoms in total. The fourth-order valence-corrected chi connectivity index (χ4v) is 6.03. The minimum Gasteiger partial charge on any atom is -0.336 e. The molecule has 0 unspecified atom stereocenters. The lowest BCUT2D eigenvalue weighted by Crippen LogP contribution is -2.52. The summed E-state index contributed by atoms with van der Waals surface area (Å²) in [5, 5.41) is 0. The van der Waals surface area contributed by atoms with E-state index in [4.69, 9.17) is 0 Å². The second-order valence-electron chi connectivity index (χ2n) is 11.9. The van der Waals surface area contributed by atoms with E-state index in [1.165, 1.54) is 35.3 Å². The van der Waals surface area contributed by atoms with E-state index < -0.39 is 23.7 Å². The zero-order chi connectivity index (χ0) is 34.4. The van der Waals surface area contributed by atoms with Gasteiger partial charge in [-0.15, -0.1) is 0 Å². The number of rotatable bonds is 9. The Balaban J connectivity index is 1.34. The molecule has 0 fully saturated rings. The summed E-state index contributed by atoms with van der Waals surface area (Å²) in [5.74, 6) is -1.06. The first kappa shape index (κ1) is 33.3. The van der Waals surface area contributed by atoms with Gasteiger partial charge >= 0.3 is 6.18 Å². The normalized spacial score (nSPS) is 13.6. The highest BCUT2D eigenvalue weighted by molar-refractivity contribution is 5.96. The van der Waals surface area contributed by atoms with E-state index in [-0.39, 0.29) is 31.2 Å². The van der Waals surface area contributed by atoms with Crippen molar-refractivity contribution in [3.63, 3.8) is 0 Å². The van der Waals surface area contributed by atoms with E-state index in [0.29, 0.717) is 24.1 Å². The van der Waals surface area contributed by atoms with E-state index in [0.717, 1.165) is 40.1 Å². The van der Waals surface area contributed by atoms with Crippen molar-refractivity contribution in [1.82, 2.24) is 14.8 Å². The van der Waals surface area contributed by atoms with E-state index in [1.807, 2.05) is 78.9 Å². The molecule has 1 aliphatic rings. The molecular formula is C40H33F4N3O2. The molecular weight excluding hydrogens is 630 g/mol. The molecule has 248 valence electrons. The number of aromatic nitrogens is 1. The molecule has 0 N–H and O–H groups in total. The van der Waals surface area contributed by atoms with E-state index >= 15 is 0 Å². The Kier molecular flexibility index (Phi) is 9.99. The van der Waals surface area contributed by atoms with Crippen molar-refractivity contribution in [1.29, 1.82) is 0 Å². The molecule has 1 aromatic heterocycles. The van der Waals surface area contributed by atoms with Crippen LogP contribution in [0.4, 0.5) is 17.6 Å². The van der Waals surface area contributed by atoms with Gasteiger partial charge in [-0.05, 0) is 70.6 Å². The van der Waals surface area contributed by atoms with Gasteiger partial charge in [0.05, 0.1) is 11.3 Å². The first-order valence-electron chi connectivity index (χ1n) is 15.9. The molecule has 4 aromatic carbocycles. The molecule has 0 aliphatic carbocycles. The van der Waals surface area contributed by atoms with Crippen LogP contribution in [0.2, 0.25) is 0 Å². The van der Waals surface area contributed by atoms with Gasteiger partial charge in [-0.3, -0.25) is 14.6 Å². The Morgan fingerprint density at radius 1 is 0.837 bits per heavy atom. The van der Waals surface area contributed by atoms with E-state index in [1.54, 1.807) is 17.2 Å². The maximum absolute atomic E-state index is 14.5. The number of carbonyl (C=O) groups is 2. The number of hydrogen-bond donors (Lipinski definition) is 0. The van der Waals surface area contributed by atoms with Gasteiger partial charge < -0.3 is 9.80 Å². The zero-order valence-electron chi connectivity index (χ0n) is 26.5. The number of carbonyl (C=O) groups excluding carboxylic acids is 2. The number of alkyl halides is 3. The highest BCUT2D eigenvalue weighted by Gasteiger charge is 2.35. The molecule has 1 atom stereocenters. The third kappa shape index (κ3) is 8.12. The van der Waals surface area contributed by atoms with Gasteiger partial charge in [-0.2, -0.15) is 13.2 Å². The average Bonchev–Trinajstić information content (AvgIpc) is 3.12. The van der Waals surface area contributed by atoms with Crippen molar-refractivity contribution in [2.75, 3.05) is 6.54 Å². The highest BCUT2D eigenvalue weighted by atomic mass is 19.4. The lowest BCUT2D eigenvalue weighted by atomic mass is 9.96. The molecule has 2 heterocycles. The van der Waals surface area contributed by atoms with Crippen LogP contribution in [0.25, 0.3) is 17.3 Å². The third-order valence-corrected chi connectivity index (χ3v) is 8.66. The molecule has 0 saturated carbocycles. The topological polar surface area (TPSA) is 53.5 Å². The fourth-order valence-electron chi connectivity index (χ4n) is 6.03. The van der Waals surface area contributed by atoms with Crippen LogP contribution in [0, 0.1) is 5.82 Å². The Morgan fingerprint density at radius 3 is 2.27 bits per heavy atom. The van der Waals surface area contributed by atoms with Gasteiger partial charge in [0.2, 0.25) is 11.8 Å². The number of hydrogen-bond acceptors (Lipinski definition) is 3. The molecule has 2 amide bonds. The van der Waals surface area contributed by atoms with Crippen molar-refractivity contribution >= 4 is 17.9 Å². The molecule has 9 heteroatoms. The second-order valence-corrected chi connectivity index (χ2v) is 11.9. The minimum absolute atomic E-state index is 0.0843. The van der Waals surface area contributed by atoms with Crippen LogP contribution in [0.1, 0.15) is 33.4 Å². The van der Waals surface area contributed by atoms with Gasteiger partial charge in [0.15, 0.2) is 0 Å². The van der Waals surface area contributed by atoms with Gasteiger partial charge in [-0.25, -0.2) is 4.39 Å². The predicted octanol–water partition coefficient (Wildman–Crippen LogP) is 8.14. The molecule has 0 radical (unpaired) electrons. The quantitative estimate of drug-likeness (QED) is 0.118. The first-order chi connectivity index (χ1) is 23.7. The fraction of sp³-hybridized carbons (Fsp3) is 0.175. The highest BCUT2D eigenvalue weighted by Crippen LogP contribution is 2.30. The number of benzene rings is 4. The molecule has 49 heavy (non-hydrogen) atoms. The summed E-state index contributed by atoms with van der Waals surface area (Å²) >= 11 is 0. The Hall–Kier alpha value is -5.57. The molecule has 6 rings (SSSR count). The van der Waals surface area contributed by atoms with Crippen LogP contribution in [0.15, 0.2) is 128 Å². The van der Waals surface area contributed by atoms with Crippen LogP contribution in [0.3, 0.4) is 0 Å². The zero-order valence-corrected chi connectivity index (χ0v) is 26.5. The first-order valence-corrected chi connectivity index (χ1v) is 15.9. The van der Waals surface area contributed by atoms with Crippen molar-refractivity contribution < 1.29 is 27.2 Å². The van der Waals surface area contributed by atoms with E-state index in [2.05, 4.69) is 4.98 Å². The number of nitrogens with zero attached hydrogens (tertiary/aromatic N) is 3. The van der Waals surface area contributed by atoms with Crippen molar-refractivity contribution in [2.24, 2.45) is 0 Å². The smallest absolute Gasteiger partial charge is 0.336 e. The molecule has 1 aliphatic heterocycles. The number of fused-ring (bicyclic) bond motifs is 1. The summed E-state index contributed by atoms with van der Waals surface area (Å²) in [4.78, 5) is 36.2. The van der Waals surface area contributed by atoms with Gasteiger partial charge in [-0.1, -0.05) is 84.9 Å². The monoisotopic (exact) mass is 663 g/mol. The lowest BCUT2D eigenvalue weighted by Gasteiger charge is -2.37. The second kappa shape index (κ2) is 14.7. The average molecular weight is 664 g/mol. The molecule has 0 spiro atoms. The van der Waals surface area contributed by atoms with Crippen LogP contribution in [-0.4, -0.2) is 39.2 Å². The van der Waals surface area contributed by atoms with E-state index in [9.17, 15) is 27.2 Å². The Labute approximate surface area is 282 Å². The maximum atomic E-state index is 14.5. The van der Waals surface area contributed by atoms with Crippen LogP contribution < -0.4 is 0 Å². The Morgan fingerprint density at radius 2 is 1.57 bits per heavy atom. The summed E-state index contributed by atoms with van der Waals surface area (Å²) < 4.78 is 53.9. The number of halogens is 4. The maximum Gasteiger partial charge on any atom is 0.416 e. The number of amides is 2. The summed E-state index contributed by atoms with van der Waals surface area (Å²) in [6.07, 6.45) is 0.536. The third-order valence-electron chi connectivity index (χ3n) is 8.66. The summed E-state index contributed by atoms with van der Waals surface area (Å²) in [6, 6.07) is 31.0. The molecule has 0 bridgehead atoms. The van der Waals surface area contributed by atoms with Crippen molar-refractivity contribution in [3.8, 4) is 11.3 Å². The number of pyridine rings is 1. The summed E-state index contributed by atoms with van der Waals surface area (Å²) in [5.41, 5.74) is 4.23. The van der Waals surface area contributed by atoms with Crippen molar-refractivity contribution in [2.45, 2.75) is 38.1 Å². The molecule has 5 aromatic rings. The van der Waals surface area contributed by atoms with Gasteiger partial charge in [0.1, 0.15) is 11.9 Å².